The van der Waals surface area contributed by atoms with Crippen LogP contribution in [0.2, 0.25) is 0 Å². The Balaban J connectivity index is 1.33. The zero-order valence-corrected chi connectivity index (χ0v) is 14.0. The maximum Gasteiger partial charge on any atom is 0.00698 e. The van der Waals surface area contributed by atoms with E-state index in [1.807, 2.05) is 0 Å². The second-order valence-corrected chi connectivity index (χ2v) is 8.38. The van der Waals surface area contributed by atoms with Gasteiger partial charge in [0.15, 0.2) is 0 Å². The highest BCUT2D eigenvalue weighted by Crippen LogP contribution is 2.36. The van der Waals surface area contributed by atoms with Crippen LogP contribution >= 0.6 is 0 Å². The van der Waals surface area contributed by atoms with Crippen LogP contribution in [0.4, 0.5) is 0 Å². The zero-order valence-electron chi connectivity index (χ0n) is 14.0. The van der Waals surface area contributed by atoms with Crippen molar-refractivity contribution in [2.75, 3.05) is 0 Å². The molecule has 0 aromatic heterocycles. The Hall–Kier alpha value is -0.0800. The molecule has 0 aliphatic heterocycles. The molecule has 3 rings (SSSR count). The summed E-state index contributed by atoms with van der Waals surface area (Å²) in [6.07, 6.45) is 17.0. The van der Waals surface area contributed by atoms with Gasteiger partial charge in [0.2, 0.25) is 0 Å². The van der Waals surface area contributed by atoms with Crippen LogP contribution in [0.3, 0.4) is 0 Å². The molecule has 0 bridgehead atoms. The van der Waals surface area contributed by atoms with E-state index >= 15 is 0 Å². The molecule has 3 saturated carbocycles. The molecule has 0 radical (unpaired) electrons. The SMILES string of the molecule is CC(NC1CCC(CC2CCC(N)CC2)CC1)C1CCC1. The Kier molecular flexibility index (Phi) is 5.61. The normalized spacial score (nSPS) is 39.7. The summed E-state index contributed by atoms with van der Waals surface area (Å²) >= 11 is 0. The molecule has 21 heavy (non-hydrogen) atoms. The van der Waals surface area contributed by atoms with Crippen LogP contribution in [-0.4, -0.2) is 18.1 Å². The van der Waals surface area contributed by atoms with Gasteiger partial charge in [-0.1, -0.05) is 6.42 Å². The average molecular weight is 293 g/mol. The van der Waals surface area contributed by atoms with E-state index in [9.17, 15) is 0 Å². The van der Waals surface area contributed by atoms with Gasteiger partial charge < -0.3 is 11.1 Å². The number of nitrogens with one attached hydrogen (secondary N) is 1. The van der Waals surface area contributed by atoms with Crippen LogP contribution in [0.15, 0.2) is 0 Å². The third-order valence-corrected chi connectivity index (χ3v) is 6.76. The fourth-order valence-corrected chi connectivity index (χ4v) is 4.91. The number of nitrogens with two attached hydrogens (primary N) is 1. The van der Waals surface area contributed by atoms with Crippen molar-refractivity contribution in [1.29, 1.82) is 0 Å². The smallest absolute Gasteiger partial charge is 0.00698 e. The summed E-state index contributed by atoms with van der Waals surface area (Å²) in [5.74, 6) is 2.99. The van der Waals surface area contributed by atoms with Gasteiger partial charge in [0.25, 0.3) is 0 Å². The van der Waals surface area contributed by atoms with Crippen LogP contribution in [0.25, 0.3) is 0 Å². The third kappa shape index (κ3) is 4.45. The fourth-order valence-electron chi connectivity index (χ4n) is 4.91. The van der Waals surface area contributed by atoms with Crippen LogP contribution < -0.4 is 11.1 Å². The summed E-state index contributed by atoms with van der Waals surface area (Å²) < 4.78 is 0. The fraction of sp³-hybridized carbons (Fsp3) is 1.00. The van der Waals surface area contributed by atoms with E-state index < -0.39 is 0 Å². The first-order chi connectivity index (χ1) is 10.2. The van der Waals surface area contributed by atoms with Gasteiger partial charge in [-0.3, -0.25) is 0 Å². The van der Waals surface area contributed by atoms with Gasteiger partial charge in [0, 0.05) is 18.1 Å². The van der Waals surface area contributed by atoms with Crippen molar-refractivity contribution in [3.8, 4) is 0 Å². The summed E-state index contributed by atoms with van der Waals surface area (Å²) in [6, 6.07) is 2.09. The molecule has 0 saturated heterocycles. The second kappa shape index (κ2) is 7.46. The quantitative estimate of drug-likeness (QED) is 0.795. The van der Waals surface area contributed by atoms with Crippen LogP contribution in [-0.2, 0) is 0 Å². The van der Waals surface area contributed by atoms with Gasteiger partial charge in [-0.15, -0.1) is 0 Å². The van der Waals surface area contributed by atoms with Gasteiger partial charge in [0.1, 0.15) is 0 Å². The largest absolute Gasteiger partial charge is 0.328 e. The molecule has 3 aliphatic carbocycles. The minimum atomic E-state index is 0.508. The lowest BCUT2D eigenvalue weighted by molar-refractivity contribution is 0.182. The molecule has 1 unspecified atom stereocenters. The van der Waals surface area contributed by atoms with Crippen molar-refractivity contribution in [2.24, 2.45) is 23.5 Å². The predicted octanol–water partition coefficient (Wildman–Crippen LogP) is 4.23. The van der Waals surface area contributed by atoms with E-state index in [4.69, 9.17) is 5.73 Å². The van der Waals surface area contributed by atoms with E-state index in [-0.39, 0.29) is 0 Å². The Bertz CT molecular complexity index is 297. The maximum atomic E-state index is 6.03. The van der Waals surface area contributed by atoms with Gasteiger partial charge in [-0.2, -0.15) is 0 Å². The van der Waals surface area contributed by atoms with Gasteiger partial charge in [-0.25, -0.2) is 0 Å². The monoisotopic (exact) mass is 292 g/mol. The maximum absolute atomic E-state index is 6.03. The average Bonchev–Trinajstić information content (AvgIpc) is 2.41. The summed E-state index contributed by atoms with van der Waals surface area (Å²) in [4.78, 5) is 0. The highest BCUT2D eigenvalue weighted by molar-refractivity contribution is 4.86. The number of rotatable bonds is 5. The molecule has 0 spiro atoms. The summed E-state index contributed by atoms with van der Waals surface area (Å²) in [5.41, 5.74) is 6.03. The van der Waals surface area contributed by atoms with E-state index in [1.54, 1.807) is 0 Å². The first-order valence-electron chi connectivity index (χ1n) is 9.72. The third-order valence-electron chi connectivity index (χ3n) is 6.76. The molecule has 0 aromatic carbocycles. The van der Waals surface area contributed by atoms with Crippen molar-refractivity contribution >= 4 is 0 Å². The van der Waals surface area contributed by atoms with E-state index in [1.165, 1.54) is 77.0 Å². The molecular weight excluding hydrogens is 256 g/mol. The lowest BCUT2D eigenvalue weighted by Crippen LogP contribution is -2.44. The minimum Gasteiger partial charge on any atom is -0.328 e. The number of hydrogen-bond donors (Lipinski definition) is 2. The number of hydrogen-bond acceptors (Lipinski definition) is 2. The molecule has 1 atom stereocenters. The van der Waals surface area contributed by atoms with Crippen molar-refractivity contribution in [3.05, 3.63) is 0 Å². The first-order valence-corrected chi connectivity index (χ1v) is 9.72. The van der Waals surface area contributed by atoms with Crippen LogP contribution in [0.5, 0.6) is 0 Å². The van der Waals surface area contributed by atoms with E-state index in [0.29, 0.717) is 6.04 Å². The topological polar surface area (TPSA) is 38.0 Å². The standard InChI is InChI=1S/C19H36N2/c1-14(17-3-2-4-17)21-19-11-7-16(8-12-19)13-15-5-9-18(20)10-6-15/h14-19,21H,2-13,20H2,1H3. The molecule has 2 nitrogen and oxygen atoms in total. The lowest BCUT2D eigenvalue weighted by atomic mass is 9.75. The minimum absolute atomic E-state index is 0.508. The Morgan fingerprint density at radius 1 is 0.857 bits per heavy atom. The first kappa shape index (κ1) is 15.8. The summed E-state index contributed by atoms with van der Waals surface area (Å²) in [5, 5.41) is 3.93. The molecule has 3 N–H and O–H groups in total. The van der Waals surface area contributed by atoms with Crippen LogP contribution in [0.1, 0.15) is 84.0 Å². The van der Waals surface area contributed by atoms with Crippen molar-refractivity contribution < 1.29 is 0 Å². The molecule has 0 heterocycles. The van der Waals surface area contributed by atoms with Gasteiger partial charge in [0.05, 0.1) is 0 Å². The van der Waals surface area contributed by atoms with E-state index in [0.717, 1.165) is 29.8 Å². The molecule has 0 amide bonds. The van der Waals surface area contributed by atoms with Crippen LogP contribution in [0, 0.1) is 17.8 Å². The highest BCUT2D eigenvalue weighted by atomic mass is 15.0. The summed E-state index contributed by atoms with van der Waals surface area (Å²) in [6.45, 7) is 2.42. The van der Waals surface area contributed by atoms with Crippen molar-refractivity contribution in [2.45, 2.75) is 102 Å². The molecule has 0 aromatic rings. The predicted molar refractivity (Wildman–Crippen MR) is 90.2 cm³/mol. The Morgan fingerprint density at radius 3 is 1.95 bits per heavy atom. The second-order valence-electron chi connectivity index (χ2n) is 8.38. The van der Waals surface area contributed by atoms with Crippen molar-refractivity contribution in [1.82, 2.24) is 5.32 Å². The Labute approximate surface area is 131 Å². The zero-order chi connectivity index (χ0) is 14.7. The molecule has 3 aliphatic rings. The molecule has 122 valence electrons. The molecule has 3 fully saturated rings. The Morgan fingerprint density at radius 2 is 1.43 bits per heavy atom. The van der Waals surface area contributed by atoms with Crippen molar-refractivity contribution in [3.63, 3.8) is 0 Å². The lowest BCUT2D eigenvalue weighted by Gasteiger charge is -2.38. The highest BCUT2D eigenvalue weighted by Gasteiger charge is 2.29. The molecular formula is C19H36N2. The molecule has 2 heteroatoms. The van der Waals surface area contributed by atoms with Gasteiger partial charge >= 0.3 is 0 Å². The summed E-state index contributed by atoms with van der Waals surface area (Å²) in [7, 11) is 0. The van der Waals surface area contributed by atoms with Gasteiger partial charge in [-0.05, 0) is 95.3 Å². The van der Waals surface area contributed by atoms with E-state index in [2.05, 4.69) is 12.2 Å².